The number of rotatable bonds is 2. The van der Waals surface area contributed by atoms with Gasteiger partial charge in [0.05, 0.1) is 29.1 Å². The molecular formula is C14H10N4S. The molecule has 4 nitrogen and oxygen atoms in total. The summed E-state index contributed by atoms with van der Waals surface area (Å²) in [6.07, 6.45) is 3.57. The first-order chi connectivity index (χ1) is 9.31. The van der Waals surface area contributed by atoms with Crippen molar-refractivity contribution in [2.24, 2.45) is 0 Å². The van der Waals surface area contributed by atoms with Crippen LogP contribution in [0.3, 0.4) is 0 Å². The lowest BCUT2D eigenvalue weighted by Crippen LogP contribution is -2.01. The van der Waals surface area contributed by atoms with E-state index in [-0.39, 0.29) is 5.41 Å². The summed E-state index contributed by atoms with van der Waals surface area (Å²) in [6.45, 7) is 0. The molecule has 2 aromatic heterocycles. The van der Waals surface area contributed by atoms with Gasteiger partial charge in [-0.2, -0.15) is 5.26 Å². The van der Waals surface area contributed by atoms with Gasteiger partial charge in [0.25, 0.3) is 0 Å². The molecule has 3 aromatic rings. The fourth-order valence-electron chi connectivity index (χ4n) is 2.22. The highest BCUT2D eigenvalue weighted by Gasteiger charge is 2.47. The number of nitrogens with zero attached hydrogens (tertiary/aromatic N) is 3. The van der Waals surface area contributed by atoms with Crippen LogP contribution in [0.5, 0.6) is 0 Å². The molecule has 0 bridgehead atoms. The van der Waals surface area contributed by atoms with Crippen molar-refractivity contribution >= 4 is 22.4 Å². The zero-order valence-corrected chi connectivity index (χ0v) is 10.9. The molecule has 1 aliphatic carbocycles. The first-order valence-corrected chi connectivity index (χ1v) is 6.99. The number of nitriles is 1. The van der Waals surface area contributed by atoms with E-state index in [1.165, 1.54) is 0 Å². The van der Waals surface area contributed by atoms with E-state index in [0.29, 0.717) is 0 Å². The zero-order chi connectivity index (χ0) is 12.9. The molecule has 1 aromatic carbocycles. The van der Waals surface area contributed by atoms with Gasteiger partial charge in [-0.1, -0.05) is 6.07 Å². The molecule has 0 unspecified atom stereocenters. The van der Waals surface area contributed by atoms with Crippen molar-refractivity contribution in [3.05, 3.63) is 34.9 Å². The SMILES string of the molecule is N#CC1(c2nc(-c3ccc4nc[nH]c4c3)cs2)CC1. The van der Waals surface area contributed by atoms with Crippen molar-refractivity contribution in [2.45, 2.75) is 18.3 Å². The van der Waals surface area contributed by atoms with Gasteiger partial charge in [-0.3, -0.25) is 0 Å². The topological polar surface area (TPSA) is 65.4 Å². The minimum absolute atomic E-state index is 0.291. The predicted molar refractivity (Wildman–Crippen MR) is 73.7 cm³/mol. The van der Waals surface area contributed by atoms with Crippen molar-refractivity contribution in [1.29, 1.82) is 5.26 Å². The predicted octanol–water partition coefficient (Wildman–Crippen LogP) is 3.24. The van der Waals surface area contributed by atoms with E-state index in [1.54, 1.807) is 17.7 Å². The first-order valence-electron chi connectivity index (χ1n) is 6.11. The van der Waals surface area contributed by atoms with Gasteiger partial charge in [0.1, 0.15) is 10.4 Å². The van der Waals surface area contributed by atoms with Gasteiger partial charge in [0.2, 0.25) is 0 Å². The van der Waals surface area contributed by atoms with Crippen molar-refractivity contribution in [2.75, 3.05) is 0 Å². The van der Waals surface area contributed by atoms with Crippen LogP contribution in [-0.4, -0.2) is 15.0 Å². The standard InChI is InChI=1S/C14H10N4S/c15-7-14(3-4-14)13-18-12(6-19-13)9-1-2-10-11(5-9)17-8-16-10/h1-2,5-6,8H,3-4H2,(H,16,17). The van der Waals surface area contributed by atoms with E-state index in [9.17, 15) is 5.26 Å². The summed E-state index contributed by atoms with van der Waals surface area (Å²) in [5.41, 5.74) is 3.68. The molecular weight excluding hydrogens is 256 g/mol. The van der Waals surface area contributed by atoms with Gasteiger partial charge in [-0.25, -0.2) is 9.97 Å². The van der Waals surface area contributed by atoms with Gasteiger partial charge in [0, 0.05) is 10.9 Å². The number of aromatic nitrogens is 3. The molecule has 0 saturated heterocycles. The number of imidazole rings is 1. The molecule has 0 radical (unpaired) electrons. The lowest BCUT2D eigenvalue weighted by Gasteiger charge is -1.99. The third-order valence-electron chi connectivity index (χ3n) is 3.59. The van der Waals surface area contributed by atoms with Crippen LogP contribution >= 0.6 is 11.3 Å². The summed E-state index contributed by atoms with van der Waals surface area (Å²) in [6, 6.07) is 8.44. The minimum Gasteiger partial charge on any atom is -0.345 e. The molecule has 92 valence electrons. The molecule has 1 saturated carbocycles. The Morgan fingerprint density at radius 2 is 2.26 bits per heavy atom. The lowest BCUT2D eigenvalue weighted by atomic mass is 10.1. The maximum absolute atomic E-state index is 9.21. The van der Waals surface area contributed by atoms with E-state index < -0.39 is 0 Å². The van der Waals surface area contributed by atoms with Crippen LogP contribution in [0.15, 0.2) is 29.9 Å². The number of nitrogens with one attached hydrogen (secondary N) is 1. The Morgan fingerprint density at radius 1 is 1.37 bits per heavy atom. The number of hydrogen-bond donors (Lipinski definition) is 1. The Balaban J connectivity index is 1.78. The van der Waals surface area contributed by atoms with Gasteiger partial charge in [0.15, 0.2) is 0 Å². The molecule has 5 heteroatoms. The largest absolute Gasteiger partial charge is 0.345 e. The summed E-state index contributed by atoms with van der Waals surface area (Å²) in [5.74, 6) is 0. The van der Waals surface area contributed by atoms with Crippen LogP contribution < -0.4 is 0 Å². The fraction of sp³-hybridized carbons (Fsp3) is 0.214. The van der Waals surface area contributed by atoms with E-state index in [0.717, 1.165) is 40.1 Å². The number of hydrogen-bond acceptors (Lipinski definition) is 4. The summed E-state index contributed by atoms with van der Waals surface area (Å²) < 4.78 is 0. The molecule has 0 spiro atoms. The molecule has 1 fully saturated rings. The first kappa shape index (κ1) is 10.7. The second-order valence-corrected chi connectivity index (χ2v) is 5.72. The lowest BCUT2D eigenvalue weighted by molar-refractivity contribution is 0.891. The van der Waals surface area contributed by atoms with Gasteiger partial charge in [-0.05, 0) is 25.0 Å². The highest BCUT2D eigenvalue weighted by molar-refractivity contribution is 7.10. The molecule has 1 N–H and O–H groups in total. The van der Waals surface area contributed by atoms with Crippen molar-refractivity contribution in [3.8, 4) is 17.3 Å². The molecule has 0 atom stereocenters. The van der Waals surface area contributed by atoms with Crippen molar-refractivity contribution in [1.82, 2.24) is 15.0 Å². The fourth-order valence-corrected chi connectivity index (χ4v) is 3.26. The van der Waals surface area contributed by atoms with Crippen molar-refractivity contribution in [3.63, 3.8) is 0 Å². The molecule has 0 amide bonds. The average molecular weight is 266 g/mol. The maximum Gasteiger partial charge on any atom is 0.114 e. The summed E-state index contributed by atoms with van der Waals surface area (Å²) in [5, 5.41) is 12.2. The third kappa shape index (κ3) is 1.57. The molecule has 2 heterocycles. The summed E-state index contributed by atoms with van der Waals surface area (Å²) in [4.78, 5) is 11.9. The van der Waals surface area contributed by atoms with E-state index in [1.807, 2.05) is 23.6 Å². The van der Waals surface area contributed by atoms with E-state index in [4.69, 9.17) is 0 Å². The van der Waals surface area contributed by atoms with Crippen LogP contribution in [0.4, 0.5) is 0 Å². The summed E-state index contributed by atoms with van der Waals surface area (Å²) >= 11 is 1.59. The number of thiazole rings is 1. The van der Waals surface area contributed by atoms with Crippen LogP contribution in [0.25, 0.3) is 22.3 Å². The third-order valence-corrected chi connectivity index (χ3v) is 4.64. The second-order valence-electron chi connectivity index (χ2n) is 4.87. The van der Waals surface area contributed by atoms with Crippen molar-refractivity contribution < 1.29 is 0 Å². The monoisotopic (exact) mass is 266 g/mol. The number of benzene rings is 1. The van der Waals surface area contributed by atoms with Gasteiger partial charge < -0.3 is 4.98 Å². The zero-order valence-electron chi connectivity index (χ0n) is 10.1. The van der Waals surface area contributed by atoms with E-state index in [2.05, 4.69) is 21.0 Å². The Bertz CT molecular complexity index is 804. The second kappa shape index (κ2) is 3.65. The van der Waals surface area contributed by atoms with E-state index >= 15 is 0 Å². The number of aromatic amines is 1. The Labute approximate surface area is 113 Å². The Morgan fingerprint density at radius 3 is 3.05 bits per heavy atom. The Hall–Kier alpha value is -2.19. The minimum atomic E-state index is -0.291. The maximum atomic E-state index is 9.21. The molecule has 1 aliphatic rings. The van der Waals surface area contributed by atoms with Crippen LogP contribution in [0.1, 0.15) is 17.8 Å². The summed E-state index contributed by atoms with van der Waals surface area (Å²) in [7, 11) is 0. The highest BCUT2D eigenvalue weighted by Crippen LogP contribution is 2.49. The average Bonchev–Trinajstić information content (AvgIpc) is 2.90. The smallest absolute Gasteiger partial charge is 0.114 e. The highest BCUT2D eigenvalue weighted by atomic mass is 32.1. The molecule has 0 aliphatic heterocycles. The number of H-pyrrole nitrogens is 1. The normalized spacial score (nSPS) is 16.4. The molecule has 4 rings (SSSR count). The quantitative estimate of drug-likeness (QED) is 0.774. The van der Waals surface area contributed by atoms with Gasteiger partial charge >= 0.3 is 0 Å². The molecule has 19 heavy (non-hydrogen) atoms. The van der Waals surface area contributed by atoms with Crippen LogP contribution in [0, 0.1) is 11.3 Å². The van der Waals surface area contributed by atoms with Crippen LogP contribution in [-0.2, 0) is 5.41 Å². The van der Waals surface area contributed by atoms with Gasteiger partial charge in [-0.15, -0.1) is 11.3 Å². The Kier molecular flexibility index (Phi) is 2.06. The van der Waals surface area contributed by atoms with Crippen LogP contribution in [0.2, 0.25) is 0 Å². The number of fused-ring (bicyclic) bond motifs is 1.